The Hall–Kier alpha value is -1.58. The maximum absolute atomic E-state index is 12.7. The van der Waals surface area contributed by atoms with Crippen molar-refractivity contribution in [2.24, 2.45) is 10.7 Å². The lowest BCUT2D eigenvalue weighted by molar-refractivity contribution is 0.487. The first-order valence-corrected chi connectivity index (χ1v) is 5.94. The summed E-state index contributed by atoms with van der Waals surface area (Å²) in [6.45, 7) is 0.647. The molecule has 0 atom stereocenters. The Labute approximate surface area is 101 Å². The van der Waals surface area contributed by atoms with Gasteiger partial charge in [0.05, 0.1) is 0 Å². The highest BCUT2D eigenvalue weighted by atomic mass is 19.1. The molecule has 0 saturated heterocycles. The van der Waals surface area contributed by atoms with E-state index in [0.29, 0.717) is 18.5 Å². The molecule has 0 radical (unpaired) electrons. The fourth-order valence-corrected chi connectivity index (χ4v) is 1.71. The number of hydrogen-bond acceptors (Lipinski definition) is 1. The van der Waals surface area contributed by atoms with E-state index in [9.17, 15) is 4.39 Å². The Kier molecular flexibility index (Phi) is 3.61. The van der Waals surface area contributed by atoms with E-state index in [-0.39, 0.29) is 5.82 Å². The van der Waals surface area contributed by atoms with Gasteiger partial charge in [-0.3, -0.25) is 4.99 Å². The van der Waals surface area contributed by atoms with Gasteiger partial charge in [-0.2, -0.15) is 0 Å². The highest BCUT2D eigenvalue weighted by Gasteiger charge is 2.27. The van der Waals surface area contributed by atoms with Crippen LogP contribution in [0.15, 0.2) is 29.3 Å². The van der Waals surface area contributed by atoms with Crippen LogP contribution in [0, 0.1) is 5.82 Å². The van der Waals surface area contributed by atoms with Crippen molar-refractivity contribution in [1.82, 2.24) is 4.90 Å². The topological polar surface area (TPSA) is 41.6 Å². The maximum atomic E-state index is 12.7. The van der Waals surface area contributed by atoms with Crippen molar-refractivity contribution in [3.63, 3.8) is 0 Å². The fourth-order valence-electron chi connectivity index (χ4n) is 1.71. The SMILES string of the molecule is CN(C(N)=NCCc1ccc(F)cc1)C1CC1. The molecule has 1 aliphatic rings. The highest BCUT2D eigenvalue weighted by molar-refractivity contribution is 5.78. The van der Waals surface area contributed by atoms with E-state index in [4.69, 9.17) is 5.73 Å². The fraction of sp³-hybridized carbons (Fsp3) is 0.462. The minimum Gasteiger partial charge on any atom is -0.370 e. The summed E-state index contributed by atoms with van der Waals surface area (Å²) < 4.78 is 12.7. The molecule has 0 spiro atoms. The molecule has 2 N–H and O–H groups in total. The molecule has 1 saturated carbocycles. The average Bonchev–Trinajstić information content (AvgIpc) is 3.14. The van der Waals surface area contributed by atoms with Crippen molar-refractivity contribution in [2.75, 3.05) is 13.6 Å². The van der Waals surface area contributed by atoms with E-state index >= 15 is 0 Å². The summed E-state index contributed by atoms with van der Waals surface area (Å²) in [4.78, 5) is 6.36. The molecule has 4 heteroatoms. The number of nitrogens with two attached hydrogens (primary N) is 1. The number of halogens is 1. The maximum Gasteiger partial charge on any atom is 0.191 e. The van der Waals surface area contributed by atoms with Crippen molar-refractivity contribution in [3.05, 3.63) is 35.6 Å². The minimum atomic E-state index is -0.203. The smallest absolute Gasteiger partial charge is 0.191 e. The van der Waals surface area contributed by atoms with Gasteiger partial charge < -0.3 is 10.6 Å². The summed E-state index contributed by atoms with van der Waals surface area (Å²) in [7, 11) is 1.98. The Bertz CT molecular complexity index is 396. The summed E-state index contributed by atoms with van der Waals surface area (Å²) in [5.41, 5.74) is 6.94. The molecule has 0 unspecified atom stereocenters. The largest absolute Gasteiger partial charge is 0.370 e. The number of nitrogens with zero attached hydrogens (tertiary/aromatic N) is 2. The van der Waals surface area contributed by atoms with Crippen LogP contribution in [-0.4, -0.2) is 30.5 Å². The summed E-state index contributed by atoms with van der Waals surface area (Å²) in [6.07, 6.45) is 3.22. The standard InChI is InChI=1S/C13H18FN3/c1-17(12-6-7-12)13(15)16-9-8-10-2-4-11(14)5-3-10/h2-5,12H,6-9H2,1H3,(H2,15,16). The van der Waals surface area contributed by atoms with Crippen molar-refractivity contribution in [3.8, 4) is 0 Å². The Morgan fingerprint density at radius 3 is 2.65 bits per heavy atom. The molecule has 92 valence electrons. The molecular formula is C13H18FN3. The van der Waals surface area contributed by atoms with Crippen molar-refractivity contribution >= 4 is 5.96 Å². The second-order valence-electron chi connectivity index (χ2n) is 4.46. The number of aliphatic imine (C=N–C) groups is 1. The quantitative estimate of drug-likeness (QED) is 0.638. The summed E-state index contributed by atoms with van der Waals surface area (Å²) in [5.74, 6) is 0.403. The van der Waals surface area contributed by atoms with Gasteiger partial charge in [-0.1, -0.05) is 12.1 Å². The van der Waals surface area contributed by atoms with Crippen molar-refractivity contribution < 1.29 is 4.39 Å². The van der Waals surface area contributed by atoms with E-state index in [1.54, 1.807) is 12.1 Å². The second kappa shape index (κ2) is 5.17. The third kappa shape index (κ3) is 3.44. The van der Waals surface area contributed by atoms with Crippen molar-refractivity contribution in [1.29, 1.82) is 0 Å². The number of rotatable bonds is 4. The molecule has 17 heavy (non-hydrogen) atoms. The Morgan fingerprint density at radius 2 is 2.06 bits per heavy atom. The lowest BCUT2D eigenvalue weighted by atomic mass is 10.1. The third-order valence-electron chi connectivity index (χ3n) is 3.04. The van der Waals surface area contributed by atoms with Crippen LogP contribution in [0.1, 0.15) is 18.4 Å². The normalized spacial score (nSPS) is 16.0. The van der Waals surface area contributed by atoms with E-state index in [0.717, 1.165) is 12.0 Å². The first-order chi connectivity index (χ1) is 8.16. The molecule has 0 aliphatic heterocycles. The number of benzene rings is 1. The second-order valence-corrected chi connectivity index (χ2v) is 4.46. The number of hydrogen-bond donors (Lipinski definition) is 1. The van der Waals surface area contributed by atoms with Crippen LogP contribution in [0.25, 0.3) is 0 Å². The first-order valence-electron chi connectivity index (χ1n) is 5.94. The van der Waals surface area contributed by atoms with Crippen LogP contribution in [0.5, 0.6) is 0 Å². The average molecular weight is 235 g/mol. The molecular weight excluding hydrogens is 217 g/mol. The zero-order chi connectivity index (χ0) is 12.3. The van der Waals surface area contributed by atoms with Crippen LogP contribution in [-0.2, 0) is 6.42 Å². The highest BCUT2D eigenvalue weighted by Crippen LogP contribution is 2.24. The molecule has 1 aromatic carbocycles. The lowest BCUT2D eigenvalue weighted by Gasteiger charge is -2.16. The predicted molar refractivity (Wildman–Crippen MR) is 67.4 cm³/mol. The molecule has 0 heterocycles. The molecule has 1 aromatic rings. The van der Waals surface area contributed by atoms with Crippen LogP contribution < -0.4 is 5.73 Å². The minimum absolute atomic E-state index is 0.203. The van der Waals surface area contributed by atoms with Gasteiger partial charge in [-0.15, -0.1) is 0 Å². The number of guanidine groups is 1. The molecule has 0 aromatic heterocycles. The van der Waals surface area contributed by atoms with Crippen LogP contribution in [0.4, 0.5) is 4.39 Å². The van der Waals surface area contributed by atoms with Crippen LogP contribution >= 0.6 is 0 Å². The van der Waals surface area contributed by atoms with Gasteiger partial charge in [0.15, 0.2) is 5.96 Å². The summed E-state index contributed by atoms with van der Waals surface area (Å²) in [6, 6.07) is 7.10. The van der Waals surface area contributed by atoms with Crippen LogP contribution in [0.2, 0.25) is 0 Å². The van der Waals surface area contributed by atoms with E-state index < -0.39 is 0 Å². The molecule has 3 nitrogen and oxygen atoms in total. The van der Waals surface area contributed by atoms with Gasteiger partial charge in [-0.25, -0.2) is 4.39 Å². The first kappa shape index (κ1) is 11.9. The molecule has 0 bridgehead atoms. The molecule has 0 amide bonds. The monoisotopic (exact) mass is 235 g/mol. The third-order valence-corrected chi connectivity index (χ3v) is 3.04. The van der Waals surface area contributed by atoms with Gasteiger partial charge in [0, 0.05) is 19.6 Å². The zero-order valence-electron chi connectivity index (χ0n) is 10.1. The molecule has 1 aliphatic carbocycles. The lowest BCUT2D eigenvalue weighted by Crippen LogP contribution is -2.35. The van der Waals surface area contributed by atoms with Gasteiger partial charge in [0.2, 0.25) is 0 Å². The summed E-state index contributed by atoms with van der Waals surface area (Å²) in [5, 5.41) is 0. The van der Waals surface area contributed by atoms with Crippen molar-refractivity contribution in [2.45, 2.75) is 25.3 Å². The van der Waals surface area contributed by atoms with Gasteiger partial charge in [0.25, 0.3) is 0 Å². The van der Waals surface area contributed by atoms with Crippen LogP contribution in [0.3, 0.4) is 0 Å². The van der Waals surface area contributed by atoms with E-state index in [1.165, 1.54) is 25.0 Å². The Morgan fingerprint density at radius 1 is 1.41 bits per heavy atom. The zero-order valence-corrected chi connectivity index (χ0v) is 10.1. The summed E-state index contributed by atoms with van der Waals surface area (Å²) >= 11 is 0. The van der Waals surface area contributed by atoms with Gasteiger partial charge >= 0.3 is 0 Å². The predicted octanol–water partition coefficient (Wildman–Crippen LogP) is 1.78. The van der Waals surface area contributed by atoms with Gasteiger partial charge in [0.1, 0.15) is 5.82 Å². The Balaban J connectivity index is 1.81. The van der Waals surface area contributed by atoms with E-state index in [2.05, 4.69) is 4.99 Å². The molecule has 2 rings (SSSR count). The molecule has 1 fully saturated rings. The van der Waals surface area contributed by atoms with Gasteiger partial charge in [-0.05, 0) is 37.0 Å². The van der Waals surface area contributed by atoms with E-state index in [1.807, 2.05) is 11.9 Å².